The Morgan fingerprint density at radius 2 is 1.70 bits per heavy atom. The first-order valence-corrected chi connectivity index (χ1v) is 8.43. The van der Waals surface area contributed by atoms with Crippen LogP contribution in [0.5, 0.6) is 0 Å². The lowest BCUT2D eigenvalue weighted by Gasteiger charge is -2.13. The summed E-state index contributed by atoms with van der Waals surface area (Å²) in [6, 6.07) is 13.6. The van der Waals surface area contributed by atoms with Crippen molar-refractivity contribution in [2.24, 2.45) is 5.73 Å². The van der Waals surface area contributed by atoms with Gasteiger partial charge in [0.2, 0.25) is 0 Å². The number of carbonyl (C=O) groups excluding carboxylic acids is 4. The van der Waals surface area contributed by atoms with Crippen molar-refractivity contribution < 1.29 is 23.9 Å². The summed E-state index contributed by atoms with van der Waals surface area (Å²) in [6.07, 6.45) is -0.553. The van der Waals surface area contributed by atoms with E-state index in [1.54, 1.807) is 0 Å². The Morgan fingerprint density at radius 3 is 2.37 bits per heavy atom. The zero-order chi connectivity index (χ0) is 19.6. The largest absolute Gasteiger partial charge is 0.449 e. The third-order valence-corrected chi connectivity index (χ3v) is 4.36. The number of carbonyl (C=O) groups is 4. The second kappa shape index (κ2) is 7.41. The van der Waals surface area contributed by atoms with Gasteiger partial charge >= 0.3 is 5.97 Å². The number of ether oxygens (including phenoxy) is 1. The highest BCUT2D eigenvalue weighted by atomic mass is 16.5. The standard InChI is InChI=1S/C20H18N2O5/c1-12(17(21)23)27-20(26)14-7-8-15-16(11-14)19(25)22(18(15)24)10-9-13-5-3-2-4-6-13/h2-8,11-12H,9-10H2,1H3,(H2,21,23). The van der Waals surface area contributed by atoms with Crippen LogP contribution >= 0.6 is 0 Å². The maximum absolute atomic E-state index is 12.6. The van der Waals surface area contributed by atoms with Gasteiger partial charge in [-0.25, -0.2) is 4.79 Å². The molecule has 1 aliphatic rings. The molecule has 7 nitrogen and oxygen atoms in total. The van der Waals surface area contributed by atoms with E-state index in [0.717, 1.165) is 5.56 Å². The molecule has 0 saturated carbocycles. The highest BCUT2D eigenvalue weighted by Crippen LogP contribution is 2.25. The number of hydrogen-bond acceptors (Lipinski definition) is 5. The van der Waals surface area contributed by atoms with E-state index in [4.69, 9.17) is 10.5 Å². The summed E-state index contributed by atoms with van der Waals surface area (Å²) in [4.78, 5) is 49.4. The molecule has 0 aromatic heterocycles. The Balaban J connectivity index is 1.76. The first-order chi connectivity index (χ1) is 12.9. The minimum atomic E-state index is -1.09. The molecule has 1 aliphatic heterocycles. The highest BCUT2D eigenvalue weighted by molar-refractivity contribution is 6.22. The van der Waals surface area contributed by atoms with Gasteiger partial charge in [0.15, 0.2) is 6.10 Å². The summed E-state index contributed by atoms with van der Waals surface area (Å²) in [7, 11) is 0. The lowest BCUT2D eigenvalue weighted by molar-refractivity contribution is -0.125. The summed E-state index contributed by atoms with van der Waals surface area (Å²) in [5, 5.41) is 0. The van der Waals surface area contributed by atoms with E-state index in [1.165, 1.54) is 30.0 Å². The predicted octanol–water partition coefficient (Wildman–Crippen LogP) is 1.56. The molecule has 1 atom stereocenters. The summed E-state index contributed by atoms with van der Waals surface area (Å²) in [5.74, 6) is -2.41. The number of rotatable bonds is 6. The van der Waals surface area contributed by atoms with Crippen LogP contribution in [0.15, 0.2) is 48.5 Å². The van der Waals surface area contributed by atoms with Gasteiger partial charge < -0.3 is 10.5 Å². The summed E-state index contributed by atoms with van der Waals surface area (Å²) < 4.78 is 4.93. The van der Waals surface area contributed by atoms with Gasteiger partial charge in [0.1, 0.15) is 0 Å². The molecular formula is C20H18N2O5. The van der Waals surface area contributed by atoms with E-state index < -0.39 is 29.8 Å². The zero-order valence-corrected chi connectivity index (χ0v) is 14.7. The maximum atomic E-state index is 12.6. The first kappa shape index (κ1) is 18.3. The van der Waals surface area contributed by atoms with Gasteiger partial charge in [-0.2, -0.15) is 0 Å². The number of fused-ring (bicyclic) bond motifs is 1. The molecule has 0 fully saturated rings. The third-order valence-electron chi connectivity index (χ3n) is 4.36. The number of nitrogens with zero attached hydrogens (tertiary/aromatic N) is 1. The van der Waals surface area contributed by atoms with Crippen LogP contribution in [0.2, 0.25) is 0 Å². The number of benzene rings is 2. The van der Waals surface area contributed by atoms with Crippen LogP contribution in [0.3, 0.4) is 0 Å². The van der Waals surface area contributed by atoms with Crippen molar-refractivity contribution in [2.45, 2.75) is 19.4 Å². The molecule has 0 radical (unpaired) electrons. The van der Waals surface area contributed by atoms with Crippen LogP contribution in [0.4, 0.5) is 0 Å². The number of imide groups is 1. The molecule has 2 aromatic rings. The monoisotopic (exact) mass is 366 g/mol. The second-order valence-corrected chi connectivity index (χ2v) is 6.21. The molecule has 0 saturated heterocycles. The fraction of sp³-hybridized carbons (Fsp3) is 0.200. The van der Waals surface area contributed by atoms with E-state index in [-0.39, 0.29) is 23.2 Å². The summed E-state index contributed by atoms with van der Waals surface area (Å²) in [5.41, 5.74) is 6.55. The molecule has 0 spiro atoms. The van der Waals surface area contributed by atoms with Gasteiger partial charge in [-0.1, -0.05) is 30.3 Å². The molecule has 1 unspecified atom stereocenters. The van der Waals surface area contributed by atoms with Crippen molar-refractivity contribution in [1.82, 2.24) is 4.90 Å². The SMILES string of the molecule is CC(OC(=O)c1ccc2c(c1)C(=O)N(CCc1ccccc1)C2=O)C(N)=O. The Morgan fingerprint density at radius 1 is 1.04 bits per heavy atom. The van der Waals surface area contributed by atoms with Gasteiger partial charge in [0, 0.05) is 6.54 Å². The number of amides is 3. The molecule has 27 heavy (non-hydrogen) atoms. The molecule has 2 N–H and O–H groups in total. The summed E-state index contributed by atoms with van der Waals surface area (Å²) in [6.45, 7) is 1.60. The topological polar surface area (TPSA) is 107 Å². The molecule has 3 amide bonds. The zero-order valence-electron chi connectivity index (χ0n) is 14.7. The first-order valence-electron chi connectivity index (χ1n) is 8.43. The van der Waals surface area contributed by atoms with E-state index in [9.17, 15) is 19.2 Å². The van der Waals surface area contributed by atoms with Gasteiger partial charge in [-0.15, -0.1) is 0 Å². The van der Waals surface area contributed by atoms with Crippen LogP contribution in [-0.2, 0) is 16.0 Å². The van der Waals surface area contributed by atoms with Crippen molar-refractivity contribution in [1.29, 1.82) is 0 Å². The van der Waals surface area contributed by atoms with Crippen molar-refractivity contribution >= 4 is 23.7 Å². The third kappa shape index (κ3) is 3.72. The molecule has 138 valence electrons. The quantitative estimate of drug-likeness (QED) is 0.617. The minimum absolute atomic E-state index is 0.0768. The van der Waals surface area contributed by atoms with Gasteiger partial charge in [-0.05, 0) is 37.1 Å². The van der Waals surface area contributed by atoms with Crippen molar-refractivity contribution in [2.75, 3.05) is 6.54 Å². The molecule has 0 bridgehead atoms. The molecule has 0 aliphatic carbocycles. The summed E-state index contributed by atoms with van der Waals surface area (Å²) >= 11 is 0. The average molecular weight is 366 g/mol. The normalized spacial score (nSPS) is 14.0. The molecular weight excluding hydrogens is 348 g/mol. The van der Waals surface area contributed by atoms with E-state index >= 15 is 0 Å². The predicted molar refractivity (Wildman–Crippen MR) is 96.0 cm³/mol. The van der Waals surface area contributed by atoms with Crippen LogP contribution in [-0.4, -0.2) is 41.2 Å². The smallest absolute Gasteiger partial charge is 0.338 e. The molecule has 1 heterocycles. The fourth-order valence-corrected chi connectivity index (χ4v) is 2.79. The maximum Gasteiger partial charge on any atom is 0.338 e. The molecule has 2 aromatic carbocycles. The Kier molecular flexibility index (Phi) is 5.03. The van der Waals surface area contributed by atoms with Crippen LogP contribution in [0.25, 0.3) is 0 Å². The number of nitrogens with two attached hydrogens (primary N) is 1. The van der Waals surface area contributed by atoms with Crippen molar-refractivity contribution in [3.05, 3.63) is 70.8 Å². The lowest BCUT2D eigenvalue weighted by atomic mass is 10.1. The van der Waals surface area contributed by atoms with E-state index in [2.05, 4.69) is 0 Å². The van der Waals surface area contributed by atoms with Gasteiger partial charge in [0.05, 0.1) is 16.7 Å². The van der Waals surface area contributed by atoms with Crippen molar-refractivity contribution in [3.63, 3.8) is 0 Å². The fourth-order valence-electron chi connectivity index (χ4n) is 2.79. The Labute approximate surface area is 155 Å². The van der Waals surface area contributed by atoms with Crippen LogP contribution < -0.4 is 5.73 Å². The number of primary amides is 1. The van der Waals surface area contributed by atoms with Crippen LogP contribution in [0.1, 0.15) is 43.6 Å². The number of esters is 1. The van der Waals surface area contributed by atoms with Gasteiger partial charge in [0.25, 0.3) is 17.7 Å². The Bertz CT molecular complexity index is 923. The minimum Gasteiger partial charge on any atom is -0.449 e. The second-order valence-electron chi connectivity index (χ2n) is 6.21. The molecule has 3 rings (SSSR count). The van der Waals surface area contributed by atoms with Gasteiger partial charge in [-0.3, -0.25) is 19.3 Å². The highest BCUT2D eigenvalue weighted by Gasteiger charge is 2.35. The van der Waals surface area contributed by atoms with Crippen LogP contribution in [0, 0.1) is 0 Å². The lowest BCUT2D eigenvalue weighted by Crippen LogP contribution is -2.31. The number of hydrogen-bond donors (Lipinski definition) is 1. The van der Waals surface area contributed by atoms with E-state index in [0.29, 0.717) is 6.42 Å². The van der Waals surface area contributed by atoms with Crippen molar-refractivity contribution in [3.8, 4) is 0 Å². The van der Waals surface area contributed by atoms with E-state index in [1.807, 2.05) is 30.3 Å². The average Bonchev–Trinajstić information content (AvgIpc) is 2.90. The molecule has 7 heteroatoms. The Hall–Kier alpha value is -3.48.